The number of hydrogen-bond donors (Lipinski definition) is 2. The van der Waals surface area contributed by atoms with E-state index in [1.807, 2.05) is 67.6 Å². The fourth-order valence-electron chi connectivity index (χ4n) is 2.77. The van der Waals surface area contributed by atoms with Gasteiger partial charge in [-0.2, -0.15) is 0 Å². The topological polar surface area (TPSA) is 67.4 Å². The van der Waals surface area contributed by atoms with Crippen LogP contribution in [0.3, 0.4) is 0 Å². The van der Waals surface area contributed by atoms with Crippen LogP contribution >= 0.6 is 0 Å². The first kappa shape index (κ1) is 19.2. The van der Waals surface area contributed by atoms with Gasteiger partial charge in [0.15, 0.2) is 0 Å². The molecule has 5 nitrogen and oxygen atoms in total. The first-order valence-corrected chi connectivity index (χ1v) is 8.95. The maximum absolute atomic E-state index is 12.2. The number of hydrogen-bond acceptors (Lipinski definition) is 4. The largest absolute Gasteiger partial charge is 0.465 e. The Morgan fingerprint density at radius 1 is 0.857 bits per heavy atom. The Bertz CT molecular complexity index is 964. The van der Waals surface area contributed by atoms with E-state index < -0.39 is 5.97 Å². The summed E-state index contributed by atoms with van der Waals surface area (Å²) in [6.07, 6.45) is 0.326. The molecule has 0 unspecified atom stereocenters. The number of nitrogens with one attached hydrogen (secondary N) is 2. The monoisotopic (exact) mass is 374 g/mol. The van der Waals surface area contributed by atoms with E-state index in [4.69, 9.17) is 4.74 Å². The molecule has 3 aromatic rings. The Morgan fingerprint density at radius 3 is 2.18 bits per heavy atom. The lowest BCUT2D eigenvalue weighted by atomic mass is 10.1. The summed E-state index contributed by atoms with van der Waals surface area (Å²) < 4.78 is 4.81. The second-order valence-electron chi connectivity index (χ2n) is 6.45. The Labute approximate surface area is 164 Å². The molecule has 142 valence electrons. The molecular weight excluding hydrogens is 352 g/mol. The van der Waals surface area contributed by atoms with Gasteiger partial charge in [-0.15, -0.1) is 0 Å². The molecule has 1 amide bonds. The first-order chi connectivity index (χ1) is 13.5. The molecule has 0 aliphatic heterocycles. The second kappa shape index (κ2) is 8.86. The van der Waals surface area contributed by atoms with Gasteiger partial charge in [0.1, 0.15) is 0 Å². The molecule has 3 aromatic carbocycles. The van der Waals surface area contributed by atoms with Crippen molar-refractivity contribution in [2.24, 2.45) is 0 Å². The molecule has 2 N–H and O–H groups in total. The number of rotatable bonds is 6. The Balaban J connectivity index is 1.63. The smallest absolute Gasteiger partial charge is 0.339 e. The van der Waals surface area contributed by atoms with Crippen LogP contribution in [0.4, 0.5) is 17.1 Å². The van der Waals surface area contributed by atoms with Gasteiger partial charge in [-0.05, 0) is 48.9 Å². The zero-order chi connectivity index (χ0) is 19.9. The first-order valence-electron chi connectivity index (χ1n) is 8.95. The summed E-state index contributed by atoms with van der Waals surface area (Å²) in [6.45, 7) is 2.02. The maximum Gasteiger partial charge on any atom is 0.339 e. The number of carbonyl (C=O) groups is 2. The van der Waals surface area contributed by atoms with Crippen LogP contribution < -0.4 is 10.6 Å². The van der Waals surface area contributed by atoms with Crippen LogP contribution in [0.5, 0.6) is 0 Å². The van der Waals surface area contributed by atoms with Gasteiger partial charge in [0.25, 0.3) is 0 Å². The highest BCUT2D eigenvalue weighted by atomic mass is 16.5. The van der Waals surface area contributed by atoms with Gasteiger partial charge < -0.3 is 15.4 Å². The van der Waals surface area contributed by atoms with E-state index in [9.17, 15) is 9.59 Å². The van der Waals surface area contributed by atoms with E-state index >= 15 is 0 Å². The Kier molecular flexibility index (Phi) is 6.07. The molecule has 0 aliphatic rings. The van der Waals surface area contributed by atoms with Crippen molar-refractivity contribution in [1.82, 2.24) is 0 Å². The zero-order valence-corrected chi connectivity index (χ0v) is 15.9. The van der Waals surface area contributed by atoms with E-state index in [1.54, 1.807) is 12.1 Å². The molecule has 0 aliphatic carbocycles. The lowest BCUT2D eigenvalue weighted by Gasteiger charge is -2.11. The fraction of sp³-hybridized carbons (Fsp3) is 0.130. The highest BCUT2D eigenvalue weighted by molar-refractivity contribution is 5.96. The summed E-state index contributed by atoms with van der Waals surface area (Å²) in [6, 6.07) is 22.4. The number of ether oxygens (including phenoxy) is 1. The van der Waals surface area contributed by atoms with Crippen LogP contribution in [-0.2, 0) is 16.0 Å². The second-order valence-corrected chi connectivity index (χ2v) is 6.45. The van der Waals surface area contributed by atoms with Gasteiger partial charge in [0.05, 0.1) is 24.8 Å². The SMILES string of the molecule is COC(=O)c1ccccc1Nc1ccc(NC(=O)Cc2ccc(C)cc2)cc1. The Hall–Kier alpha value is -3.60. The van der Waals surface area contributed by atoms with Crippen LogP contribution in [0.2, 0.25) is 0 Å². The molecule has 28 heavy (non-hydrogen) atoms. The van der Waals surface area contributed by atoms with Crippen LogP contribution in [0.15, 0.2) is 72.8 Å². The minimum Gasteiger partial charge on any atom is -0.465 e. The van der Waals surface area contributed by atoms with Crippen molar-refractivity contribution >= 4 is 28.9 Å². The van der Waals surface area contributed by atoms with Crippen molar-refractivity contribution in [2.75, 3.05) is 17.7 Å². The summed E-state index contributed by atoms with van der Waals surface area (Å²) in [4.78, 5) is 24.1. The molecule has 5 heteroatoms. The van der Waals surface area contributed by atoms with Crippen LogP contribution in [0.25, 0.3) is 0 Å². The summed E-state index contributed by atoms with van der Waals surface area (Å²) in [7, 11) is 1.35. The van der Waals surface area contributed by atoms with Gasteiger partial charge in [-0.1, -0.05) is 42.0 Å². The summed E-state index contributed by atoms with van der Waals surface area (Å²) in [5.41, 5.74) is 4.77. The third kappa shape index (κ3) is 4.98. The number of esters is 1. The minimum absolute atomic E-state index is 0.0689. The van der Waals surface area contributed by atoms with Crippen molar-refractivity contribution in [2.45, 2.75) is 13.3 Å². The lowest BCUT2D eigenvalue weighted by molar-refractivity contribution is -0.115. The number of amides is 1. The van der Waals surface area contributed by atoms with E-state index in [0.29, 0.717) is 23.4 Å². The van der Waals surface area contributed by atoms with Crippen molar-refractivity contribution in [3.63, 3.8) is 0 Å². The summed E-state index contributed by atoms with van der Waals surface area (Å²) in [5.74, 6) is -0.469. The van der Waals surface area contributed by atoms with Crippen LogP contribution in [0, 0.1) is 6.92 Å². The third-order valence-electron chi connectivity index (χ3n) is 4.27. The number of aryl methyl sites for hydroxylation is 1. The van der Waals surface area contributed by atoms with E-state index in [1.165, 1.54) is 12.7 Å². The van der Waals surface area contributed by atoms with Gasteiger partial charge >= 0.3 is 5.97 Å². The highest BCUT2D eigenvalue weighted by Crippen LogP contribution is 2.23. The van der Waals surface area contributed by atoms with E-state index in [2.05, 4.69) is 10.6 Å². The average molecular weight is 374 g/mol. The molecule has 0 fully saturated rings. The molecular formula is C23H22N2O3. The van der Waals surface area contributed by atoms with Gasteiger partial charge in [-0.3, -0.25) is 4.79 Å². The zero-order valence-electron chi connectivity index (χ0n) is 15.9. The van der Waals surface area contributed by atoms with Crippen molar-refractivity contribution in [3.05, 3.63) is 89.5 Å². The Morgan fingerprint density at radius 2 is 1.50 bits per heavy atom. The molecule has 0 radical (unpaired) electrons. The summed E-state index contributed by atoms with van der Waals surface area (Å²) >= 11 is 0. The van der Waals surface area contributed by atoms with Gasteiger partial charge in [-0.25, -0.2) is 4.79 Å². The molecule has 0 aromatic heterocycles. The number of methoxy groups -OCH3 is 1. The van der Waals surface area contributed by atoms with E-state index in [0.717, 1.165) is 11.3 Å². The minimum atomic E-state index is -0.400. The number of anilines is 3. The molecule has 3 rings (SSSR count). The fourth-order valence-corrected chi connectivity index (χ4v) is 2.77. The molecule has 0 spiro atoms. The number of carbonyl (C=O) groups excluding carboxylic acids is 2. The van der Waals surface area contributed by atoms with Crippen molar-refractivity contribution < 1.29 is 14.3 Å². The van der Waals surface area contributed by atoms with Gasteiger partial charge in [0.2, 0.25) is 5.91 Å². The predicted molar refractivity (Wildman–Crippen MR) is 111 cm³/mol. The quantitative estimate of drug-likeness (QED) is 0.614. The number of benzene rings is 3. The summed E-state index contributed by atoms with van der Waals surface area (Å²) in [5, 5.41) is 6.09. The van der Waals surface area contributed by atoms with Crippen LogP contribution in [0.1, 0.15) is 21.5 Å². The lowest BCUT2D eigenvalue weighted by Crippen LogP contribution is -2.14. The van der Waals surface area contributed by atoms with Crippen LogP contribution in [-0.4, -0.2) is 19.0 Å². The highest BCUT2D eigenvalue weighted by Gasteiger charge is 2.11. The third-order valence-corrected chi connectivity index (χ3v) is 4.27. The molecule has 0 bridgehead atoms. The molecule has 0 heterocycles. The predicted octanol–water partition coefficient (Wildman–Crippen LogP) is 4.71. The maximum atomic E-state index is 12.2. The van der Waals surface area contributed by atoms with Gasteiger partial charge in [0, 0.05) is 11.4 Å². The standard InChI is InChI=1S/C23H22N2O3/c1-16-7-9-17(10-8-16)15-22(26)25-19-13-11-18(12-14-19)24-21-6-4-3-5-20(21)23(27)28-2/h3-14,24H,15H2,1-2H3,(H,25,26). The molecule has 0 atom stereocenters. The van der Waals surface area contributed by atoms with Crippen molar-refractivity contribution in [3.8, 4) is 0 Å². The molecule has 0 saturated heterocycles. The van der Waals surface area contributed by atoms with Crippen molar-refractivity contribution in [1.29, 1.82) is 0 Å². The average Bonchev–Trinajstić information content (AvgIpc) is 2.71. The van der Waals surface area contributed by atoms with E-state index in [-0.39, 0.29) is 5.91 Å². The number of para-hydroxylation sites is 1. The molecule has 0 saturated carbocycles. The normalized spacial score (nSPS) is 10.2.